The molecule has 4 N–H and O–H groups in total. The summed E-state index contributed by atoms with van der Waals surface area (Å²) in [6, 6.07) is 5.09. The van der Waals surface area contributed by atoms with Crippen molar-refractivity contribution in [1.82, 2.24) is 4.98 Å². The number of aromatic hydroxyl groups is 1. The molecule has 1 aromatic heterocycles. The minimum absolute atomic E-state index is 0.0247. The number of carbonyl (C=O) groups is 1. The van der Waals surface area contributed by atoms with Gasteiger partial charge in [-0.3, -0.25) is 9.78 Å². The van der Waals surface area contributed by atoms with E-state index in [4.69, 9.17) is 5.73 Å². The Morgan fingerprint density at radius 3 is 2.83 bits per heavy atom. The van der Waals surface area contributed by atoms with Gasteiger partial charge in [-0.15, -0.1) is 0 Å². The molecule has 0 unspecified atom stereocenters. The van der Waals surface area contributed by atoms with Crippen LogP contribution in [-0.4, -0.2) is 16.0 Å². The molecule has 0 saturated heterocycles. The SMILES string of the molecule is Nc1ccc(F)c(NC(=O)c2cncc(O)c2)c1. The summed E-state index contributed by atoms with van der Waals surface area (Å²) in [6.07, 6.45) is 2.46. The van der Waals surface area contributed by atoms with Crippen LogP contribution < -0.4 is 11.1 Å². The molecule has 0 bridgehead atoms. The zero-order valence-corrected chi connectivity index (χ0v) is 9.22. The molecule has 0 aliphatic heterocycles. The Kier molecular flexibility index (Phi) is 3.09. The highest BCUT2D eigenvalue weighted by Gasteiger charge is 2.10. The van der Waals surface area contributed by atoms with Gasteiger partial charge in [-0.25, -0.2) is 4.39 Å². The lowest BCUT2D eigenvalue weighted by atomic mass is 10.2. The summed E-state index contributed by atoms with van der Waals surface area (Å²) in [5.74, 6) is -1.32. The number of amides is 1. The second-order valence-electron chi connectivity index (χ2n) is 3.63. The van der Waals surface area contributed by atoms with Gasteiger partial charge in [0.05, 0.1) is 17.4 Å². The Morgan fingerprint density at radius 1 is 1.33 bits per heavy atom. The van der Waals surface area contributed by atoms with Gasteiger partial charge in [0, 0.05) is 11.9 Å². The highest BCUT2D eigenvalue weighted by molar-refractivity contribution is 6.04. The molecule has 0 radical (unpaired) electrons. The quantitative estimate of drug-likeness (QED) is 0.705. The van der Waals surface area contributed by atoms with E-state index in [2.05, 4.69) is 10.3 Å². The average Bonchev–Trinajstić information content (AvgIpc) is 2.34. The van der Waals surface area contributed by atoms with E-state index < -0.39 is 11.7 Å². The van der Waals surface area contributed by atoms with E-state index in [0.29, 0.717) is 5.69 Å². The van der Waals surface area contributed by atoms with Gasteiger partial charge < -0.3 is 16.2 Å². The lowest BCUT2D eigenvalue weighted by Crippen LogP contribution is -2.13. The van der Waals surface area contributed by atoms with Crippen molar-refractivity contribution in [2.75, 3.05) is 11.1 Å². The van der Waals surface area contributed by atoms with Crippen LogP contribution in [-0.2, 0) is 0 Å². The number of halogens is 1. The van der Waals surface area contributed by atoms with Gasteiger partial charge in [0.1, 0.15) is 11.6 Å². The van der Waals surface area contributed by atoms with Crippen molar-refractivity contribution < 1.29 is 14.3 Å². The van der Waals surface area contributed by atoms with Gasteiger partial charge in [0.15, 0.2) is 0 Å². The lowest BCUT2D eigenvalue weighted by Gasteiger charge is -2.07. The summed E-state index contributed by atoms with van der Waals surface area (Å²) in [6.45, 7) is 0. The third kappa shape index (κ3) is 2.54. The molecule has 0 aliphatic rings. The zero-order valence-electron chi connectivity index (χ0n) is 9.22. The Bertz CT molecular complexity index is 602. The predicted octanol–water partition coefficient (Wildman–Crippen LogP) is 1.76. The number of nitrogens with one attached hydrogen (secondary N) is 1. The predicted molar refractivity (Wildman–Crippen MR) is 64.7 cm³/mol. The van der Waals surface area contributed by atoms with Crippen LogP contribution >= 0.6 is 0 Å². The van der Waals surface area contributed by atoms with E-state index in [1.54, 1.807) is 0 Å². The number of carbonyl (C=O) groups excluding carboxylic acids is 1. The molecule has 2 aromatic rings. The summed E-state index contributed by atoms with van der Waals surface area (Å²) in [4.78, 5) is 15.4. The van der Waals surface area contributed by atoms with E-state index in [-0.39, 0.29) is 17.0 Å². The van der Waals surface area contributed by atoms with Crippen LogP contribution in [0.1, 0.15) is 10.4 Å². The van der Waals surface area contributed by atoms with E-state index >= 15 is 0 Å². The third-order valence-electron chi connectivity index (χ3n) is 2.22. The normalized spacial score (nSPS) is 10.1. The van der Waals surface area contributed by atoms with Crippen LogP contribution in [0.3, 0.4) is 0 Å². The minimum Gasteiger partial charge on any atom is -0.506 e. The summed E-state index contributed by atoms with van der Waals surface area (Å²) >= 11 is 0. The Morgan fingerprint density at radius 2 is 2.11 bits per heavy atom. The molecule has 1 heterocycles. The topological polar surface area (TPSA) is 88.2 Å². The largest absolute Gasteiger partial charge is 0.506 e. The number of nitrogens with zero attached hydrogens (tertiary/aromatic N) is 1. The summed E-state index contributed by atoms with van der Waals surface area (Å²) in [5.41, 5.74) is 5.93. The van der Waals surface area contributed by atoms with Crippen LogP contribution in [0.4, 0.5) is 15.8 Å². The Labute approximate surface area is 102 Å². The molecule has 5 nitrogen and oxygen atoms in total. The van der Waals surface area contributed by atoms with Gasteiger partial charge >= 0.3 is 0 Å². The molecule has 0 spiro atoms. The van der Waals surface area contributed by atoms with Gasteiger partial charge in [-0.05, 0) is 24.3 Å². The van der Waals surface area contributed by atoms with Gasteiger partial charge in [-0.1, -0.05) is 0 Å². The van der Waals surface area contributed by atoms with Crippen LogP contribution in [0.15, 0.2) is 36.7 Å². The number of nitrogen functional groups attached to an aromatic ring is 1. The average molecular weight is 247 g/mol. The zero-order chi connectivity index (χ0) is 13.1. The molecular formula is C12H10FN3O2. The van der Waals surface area contributed by atoms with Crippen molar-refractivity contribution in [2.24, 2.45) is 0 Å². The highest BCUT2D eigenvalue weighted by Crippen LogP contribution is 2.18. The molecule has 6 heteroatoms. The summed E-state index contributed by atoms with van der Waals surface area (Å²) in [5, 5.41) is 11.5. The molecular weight excluding hydrogens is 237 g/mol. The first-order valence-corrected chi connectivity index (χ1v) is 5.06. The van der Waals surface area contributed by atoms with Crippen molar-refractivity contribution in [3.8, 4) is 5.75 Å². The fourth-order valence-electron chi connectivity index (χ4n) is 1.39. The first-order valence-electron chi connectivity index (χ1n) is 5.06. The van der Waals surface area contributed by atoms with Gasteiger partial charge in [0.25, 0.3) is 5.91 Å². The molecule has 2 rings (SSSR count). The van der Waals surface area contributed by atoms with Crippen LogP contribution in [0.2, 0.25) is 0 Å². The molecule has 92 valence electrons. The molecule has 0 fully saturated rings. The van der Waals surface area contributed by atoms with Gasteiger partial charge in [0.2, 0.25) is 0 Å². The van der Waals surface area contributed by atoms with Crippen LogP contribution in [0.25, 0.3) is 0 Å². The number of hydrogen-bond acceptors (Lipinski definition) is 4. The second-order valence-corrected chi connectivity index (χ2v) is 3.63. The first-order chi connectivity index (χ1) is 8.56. The molecule has 0 atom stereocenters. The molecule has 1 amide bonds. The summed E-state index contributed by atoms with van der Waals surface area (Å²) in [7, 11) is 0. The number of pyridine rings is 1. The second kappa shape index (κ2) is 4.70. The van der Waals surface area contributed by atoms with E-state index in [9.17, 15) is 14.3 Å². The number of nitrogens with two attached hydrogens (primary N) is 1. The van der Waals surface area contributed by atoms with E-state index in [1.165, 1.54) is 30.6 Å². The van der Waals surface area contributed by atoms with Gasteiger partial charge in [-0.2, -0.15) is 0 Å². The number of benzene rings is 1. The van der Waals surface area contributed by atoms with Crippen molar-refractivity contribution in [2.45, 2.75) is 0 Å². The standard InChI is InChI=1S/C12H10FN3O2/c13-10-2-1-8(14)4-11(10)16-12(18)7-3-9(17)6-15-5-7/h1-6,17H,14H2,(H,16,18). The van der Waals surface area contributed by atoms with E-state index in [1.807, 2.05) is 0 Å². The monoisotopic (exact) mass is 247 g/mol. The number of anilines is 2. The number of rotatable bonds is 2. The Hall–Kier alpha value is -2.63. The van der Waals surface area contributed by atoms with Crippen molar-refractivity contribution in [3.63, 3.8) is 0 Å². The molecule has 1 aromatic carbocycles. The lowest BCUT2D eigenvalue weighted by molar-refractivity contribution is 0.102. The Balaban J connectivity index is 2.24. The minimum atomic E-state index is -0.592. The first kappa shape index (κ1) is 11.8. The number of hydrogen-bond donors (Lipinski definition) is 3. The maximum Gasteiger partial charge on any atom is 0.257 e. The van der Waals surface area contributed by atoms with Crippen molar-refractivity contribution >= 4 is 17.3 Å². The maximum atomic E-state index is 13.4. The molecule has 0 aliphatic carbocycles. The highest BCUT2D eigenvalue weighted by atomic mass is 19.1. The van der Waals surface area contributed by atoms with Crippen LogP contribution in [0.5, 0.6) is 5.75 Å². The summed E-state index contributed by atoms with van der Waals surface area (Å²) < 4.78 is 13.4. The molecule has 18 heavy (non-hydrogen) atoms. The van der Waals surface area contributed by atoms with Crippen molar-refractivity contribution in [3.05, 3.63) is 48.0 Å². The molecule has 0 saturated carbocycles. The van der Waals surface area contributed by atoms with E-state index in [0.717, 1.165) is 6.07 Å². The van der Waals surface area contributed by atoms with Crippen molar-refractivity contribution in [1.29, 1.82) is 0 Å². The fourth-order valence-corrected chi connectivity index (χ4v) is 1.39. The van der Waals surface area contributed by atoms with Crippen LogP contribution in [0, 0.1) is 5.82 Å². The smallest absolute Gasteiger partial charge is 0.257 e. The third-order valence-corrected chi connectivity index (χ3v) is 2.22. The maximum absolute atomic E-state index is 13.4. The fraction of sp³-hybridized carbons (Fsp3) is 0. The number of aromatic nitrogens is 1.